The number of rotatable bonds is 2. The monoisotopic (exact) mass is 374 g/mol. The Balaban J connectivity index is 1.81. The van der Waals surface area contributed by atoms with Crippen molar-refractivity contribution in [2.24, 2.45) is 0 Å². The van der Waals surface area contributed by atoms with Gasteiger partial charge in [0.1, 0.15) is 5.75 Å². The molecule has 3 rings (SSSR count). The molecule has 5 nitrogen and oxygen atoms in total. The summed E-state index contributed by atoms with van der Waals surface area (Å²) >= 11 is 9.65. The first-order valence-electron chi connectivity index (χ1n) is 6.90. The van der Waals surface area contributed by atoms with Crippen LogP contribution in [0, 0.1) is 0 Å². The van der Waals surface area contributed by atoms with Crippen molar-refractivity contribution in [3.05, 3.63) is 27.2 Å². The van der Waals surface area contributed by atoms with Gasteiger partial charge in [-0.1, -0.05) is 27.5 Å². The SMILES string of the molecule is O=C(O)N[C@@H]1CCN(C2CCOc3cc(Cl)cc(Br)c32)C1. The number of carbonyl (C=O) groups is 1. The largest absolute Gasteiger partial charge is 0.493 e. The average molecular weight is 376 g/mol. The van der Waals surface area contributed by atoms with Crippen LogP contribution in [0.1, 0.15) is 24.4 Å². The van der Waals surface area contributed by atoms with Crippen LogP contribution in [-0.2, 0) is 0 Å². The minimum absolute atomic E-state index is 0.000120. The summed E-state index contributed by atoms with van der Waals surface area (Å²) < 4.78 is 6.66. The van der Waals surface area contributed by atoms with E-state index in [4.69, 9.17) is 21.4 Å². The number of carboxylic acid groups (broad SMARTS) is 1. The fraction of sp³-hybridized carbons (Fsp3) is 0.500. The maximum atomic E-state index is 10.8. The van der Waals surface area contributed by atoms with Crippen molar-refractivity contribution in [2.45, 2.75) is 24.9 Å². The Morgan fingerprint density at radius 2 is 2.29 bits per heavy atom. The molecule has 2 aliphatic rings. The maximum Gasteiger partial charge on any atom is 0.404 e. The van der Waals surface area contributed by atoms with Gasteiger partial charge in [-0.15, -0.1) is 0 Å². The fourth-order valence-electron chi connectivity index (χ4n) is 3.16. The summed E-state index contributed by atoms with van der Waals surface area (Å²) in [5.41, 5.74) is 1.11. The first-order valence-corrected chi connectivity index (χ1v) is 8.07. The molecule has 2 aliphatic heterocycles. The minimum atomic E-state index is -0.956. The molecule has 0 bridgehead atoms. The molecule has 1 aromatic carbocycles. The van der Waals surface area contributed by atoms with Gasteiger partial charge in [0.25, 0.3) is 0 Å². The van der Waals surface area contributed by atoms with Gasteiger partial charge in [-0.3, -0.25) is 4.90 Å². The number of nitrogens with one attached hydrogen (secondary N) is 1. The molecule has 0 aliphatic carbocycles. The molecular formula is C14H16BrClN2O3. The number of hydrogen-bond acceptors (Lipinski definition) is 3. The van der Waals surface area contributed by atoms with Crippen molar-refractivity contribution in [2.75, 3.05) is 19.7 Å². The molecule has 0 aromatic heterocycles. The van der Waals surface area contributed by atoms with Crippen LogP contribution in [0.2, 0.25) is 5.02 Å². The highest BCUT2D eigenvalue weighted by atomic mass is 79.9. The zero-order chi connectivity index (χ0) is 15.0. The van der Waals surface area contributed by atoms with Gasteiger partial charge in [-0.2, -0.15) is 0 Å². The van der Waals surface area contributed by atoms with E-state index in [1.54, 1.807) is 0 Å². The van der Waals surface area contributed by atoms with E-state index >= 15 is 0 Å². The zero-order valence-corrected chi connectivity index (χ0v) is 13.7. The Kier molecular flexibility index (Phi) is 4.28. The summed E-state index contributed by atoms with van der Waals surface area (Å²) in [4.78, 5) is 13.1. The number of amides is 1. The van der Waals surface area contributed by atoms with Crippen LogP contribution in [-0.4, -0.2) is 41.8 Å². The van der Waals surface area contributed by atoms with Crippen molar-refractivity contribution >= 4 is 33.6 Å². The number of nitrogens with zero attached hydrogens (tertiary/aromatic N) is 1. The second-order valence-corrected chi connectivity index (χ2v) is 6.67. The van der Waals surface area contributed by atoms with E-state index in [0.717, 1.165) is 41.7 Å². The minimum Gasteiger partial charge on any atom is -0.493 e. The van der Waals surface area contributed by atoms with Gasteiger partial charge in [-0.05, 0) is 18.6 Å². The lowest BCUT2D eigenvalue weighted by Crippen LogP contribution is -2.38. The number of ether oxygens (including phenoxy) is 1. The summed E-state index contributed by atoms with van der Waals surface area (Å²) in [5, 5.41) is 12.0. The quantitative estimate of drug-likeness (QED) is 0.833. The Hall–Kier alpha value is -0.980. The van der Waals surface area contributed by atoms with Gasteiger partial charge in [0.15, 0.2) is 0 Å². The standard InChI is InChI=1S/C14H16BrClN2O3/c15-10-5-8(16)6-12-13(10)11(2-4-21-12)18-3-1-9(7-18)17-14(19)20/h5-6,9,11,17H,1-4,7H2,(H,19,20)/t9-,11?/m1/s1. The Labute approximate surface area is 136 Å². The summed E-state index contributed by atoms with van der Waals surface area (Å²) in [5.74, 6) is 0.820. The average Bonchev–Trinajstić information content (AvgIpc) is 2.85. The normalized spacial score (nSPS) is 25.2. The molecule has 1 amide bonds. The van der Waals surface area contributed by atoms with Crippen LogP contribution < -0.4 is 10.1 Å². The molecule has 1 unspecified atom stereocenters. The third-order valence-electron chi connectivity index (χ3n) is 4.03. The molecule has 1 fully saturated rings. The number of fused-ring (bicyclic) bond motifs is 1. The molecule has 2 heterocycles. The van der Waals surface area contributed by atoms with Crippen LogP contribution in [0.5, 0.6) is 5.75 Å². The predicted octanol–water partition coefficient (Wildman–Crippen LogP) is 3.27. The molecule has 114 valence electrons. The number of likely N-dealkylation sites (tertiary alicyclic amines) is 1. The Morgan fingerprint density at radius 3 is 3.05 bits per heavy atom. The van der Waals surface area contributed by atoms with Gasteiger partial charge in [0, 0.05) is 46.7 Å². The molecule has 2 atom stereocenters. The molecule has 0 spiro atoms. The maximum absolute atomic E-state index is 10.8. The van der Waals surface area contributed by atoms with E-state index in [-0.39, 0.29) is 12.1 Å². The smallest absolute Gasteiger partial charge is 0.404 e. The van der Waals surface area contributed by atoms with Crippen molar-refractivity contribution in [3.8, 4) is 5.75 Å². The molecule has 1 aromatic rings. The molecule has 0 radical (unpaired) electrons. The zero-order valence-electron chi connectivity index (χ0n) is 11.3. The lowest BCUT2D eigenvalue weighted by atomic mass is 9.99. The van der Waals surface area contributed by atoms with E-state index in [0.29, 0.717) is 11.6 Å². The van der Waals surface area contributed by atoms with Crippen molar-refractivity contribution in [1.29, 1.82) is 0 Å². The molecule has 1 saturated heterocycles. The number of halogens is 2. The highest BCUT2D eigenvalue weighted by Crippen LogP contribution is 2.43. The predicted molar refractivity (Wildman–Crippen MR) is 83.1 cm³/mol. The summed E-state index contributed by atoms with van der Waals surface area (Å²) in [6.45, 7) is 2.26. The van der Waals surface area contributed by atoms with Gasteiger partial charge in [0.2, 0.25) is 0 Å². The highest BCUT2D eigenvalue weighted by molar-refractivity contribution is 9.10. The first kappa shape index (κ1) is 14.9. The van der Waals surface area contributed by atoms with Crippen LogP contribution >= 0.6 is 27.5 Å². The molecule has 7 heteroatoms. The molecule has 0 saturated carbocycles. The third-order valence-corrected chi connectivity index (χ3v) is 4.90. The van der Waals surface area contributed by atoms with Gasteiger partial charge < -0.3 is 15.2 Å². The van der Waals surface area contributed by atoms with Gasteiger partial charge >= 0.3 is 6.09 Å². The van der Waals surface area contributed by atoms with Crippen LogP contribution in [0.25, 0.3) is 0 Å². The van der Waals surface area contributed by atoms with Crippen LogP contribution in [0.4, 0.5) is 4.79 Å². The summed E-state index contributed by atoms with van der Waals surface area (Å²) in [6.07, 6.45) is 0.777. The van der Waals surface area contributed by atoms with Crippen LogP contribution in [0.3, 0.4) is 0 Å². The number of hydrogen-bond donors (Lipinski definition) is 2. The summed E-state index contributed by atoms with van der Waals surface area (Å²) in [6, 6.07) is 3.96. The topological polar surface area (TPSA) is 61.8 Å². The molecule has 21 heavy (non-hydrogen) atoms. The lowest BCUT2D eigenvalue weighted by Gasteiger charge is -2.34. The third kappa shape index (κ3) is 3.12. The van der Waals surface area contributed by atoms with E-state index < -0.39 is 6.09 Å². The van der Waals surface area contributed by atoms with Crippen molar-refractivity contribution < 1.29 is 14.6 Å². The second kappa shape index (κ2) is 6.02. The van der Waals surface area contributed by atoms with E-state index in [2.05, 4.69) is 26.1 Å². The van der Waals surface area contributed by atoms with E-state index in [9.17, 15) is 4.79 Å². The molecular weight excluding hydrogens is 360 g/mol. The van der Waals surface area contributed by atoms with Crippen LogP contribution in [0.15, 0.2) is 16.6 Å². The second-order valence-electron chi connectivity index (χ2n) is 5.38. The van der Waals surface area contributed by atoms with Crippen molar-refractivity contribution in [1.82, 2.24) is 10.2 Å². The van der Waals surface area contributed by atoms with E-state index in [1.165, 1.54) is 0 Å². The first-order chi connectivity index (χ1) is 10.0. The Morgan fingerprint density at radius 1 is 1.48 bits per heavy atom. The molecule has 2 N–H and O–H groups in total. The van der Waals surface area contributed by atoms with Crippen molar-refractivity contribution in [3.63, 3.8) is 0 Å². The van der Waals surface area contributed by atoms with Gasteiger partial charge in [-0.25, -0.2) is 4.79 Å². The lowest BCUT2D eigenvalue weighted by molar-refractivity contribution is 0.159. The summed E-state index contributed by atoms with van der Waals surface area (Å²) in [7, 11) is 0. The highest BCUT2D eigenvalue weighted by Gasteiger charge is 2.34. The van der Waals surface area contributed by atoms with Gasteiger partial charge in [0.05, 0.1) is 6.61 Å². The van der Waals surface area contributed by atoms with E-state index in [1.807, 2.05) is 12.1 Å². The Bertz CT molecular complexity index is 569. The fourth-order valence-corrected chi connectivity index (χ4v) is 4.20. The number of benzene rings is 1.